The van der Waals surface area contributed by atoms with Crippen LogP contribution in [-0.2, 0) is 4.74 Å². The summed E-state index contributed by atoms with van der Waals surface area (Å²) in [4.78, 5) is 0. The Balaban J connectivity index is 2.09. The molecule has 1 atom stereocenters. The molecule has 2 rings (SSSR count). The maximum Gasteiger partial charge on any atom is 0.0876 e. The fourth-order valence-electron chi connectivity index (χ4n) is 1.43. The van der Waals surface area contributed by atoms with Crippen molar-refractivity contribution in [3.8, 4) is 0 Å². The van der Waals surface area contributed by atoms with Gasteiger partial charge in [0.2, 0.25) is 0 Å². The molecule has 0 unspecified atom stereocenters. The molecule has 0 saturated carbocycles. The van der Waals surface area contributed by atoms with Crippen LogP contribution in [0.15, 0.2) is 0 Å². The lowest BCUT2D eigenvalue weighted by Crippen LogP contribution is -2.59. The maximum absolute atomic E-state index is 9.33. The molecule has 0 aliphatic carbocycles. The van der Waals surface area contributed by atoms with E-state index in [2.05, 4.69) is 5.32 Å². The molecule has 2 aliphatic rings. The summed E-state index contributed by atoms with van der Waals surface area (Å²) in [6, 6.07) is 0. The molecule has 2 saturated heterocycles. The predicted octanol–water partition coefficient (Wildman–Crippen LogP) is -1.03. The van der Waals surface area contributed by atoms with Crippen LogP contribution in [-0.4, -0.2) is 37.5 Å². The minimum atomic E-state index is -0.223. The Hall–Kier alpha value is -0.120. The summed E-state index contributed by atoms with van der Waals surface area (Å²) in [7, 11) is 0. The van der Waals surface area contributed by atoms with Crippen LogP contribution in [0.25, 0.3) is 0 Å². The molecule has 3 heteroatoms. The van der Waals surface area contributed by atoms with Gasteiger partial charge in [0.05, 0.1) is 19.3 Å². The van der Waals surface area contributed by atoms with Crippen LogP contribution < -0.4 is 5.32 Å². The normalized spacial score (nSPS) is 39.0. The molecule has 2 aliphatic heterocycles. The van der Waals surface area contributed by atoms with Gasteiger partial charge in [-0.25, -0.2) is 0 Å². The van der Waals surface area contributed by atoms with Gasteiger partial charge in [0, 0.05) is 18.5 Å². The van der Waals surface area contributed by atoms with E-state index in [4.69, 9.17) is 4.74 Å². The van der Waals surface area contributed by atoms with Gasteiger partial charge in [-0.1, -0.05) is 0 Å². The molecule has 0 bridgehead atoms. The molecule has 52 valence electrons. The van der Waals surface area contributed by atoms with Gasteiger partial charge in [0.25, 0.3) is 0 Å². The maximum atomic E-state index is 9.33. The first kappa shape index (κ1) is 5.65. The second-order valence-corrected chi connectivity index (χ2v) is 3.00. The largest absolute Gasteiger partial charge is 0.390 e. The Labute approximate surface area is 54.0 Å². The van der Waals surface area contributed by atoms with E-state index in [1.54, 1.807) is 0 Å². The molecule has 0 radical (unpaired) electrons. The first-order valence-electron chi connectivity index (χ1n) is 3.30. The SMILES string of the molecule is O[C@H]1COCC12CNC2. The standard InChI is InChI=1S/C6H11NO2/c8-5-1-9-4-6(5)2-7-3-6/h5,7-8H,1-4H2/t5-/m0/s1. The summed E-state index contributed by atoms with van der Waals surface area (Å²) >= 11 is 0. The van der Waals surface area contributed by atoms with Gasteiger partial charge in [-0.2, -0.15) is 0 Å². The third-order valence-electron chi connectivity index (χ3n) is 2.33. The number of aliphatic hydroxyl groups is 1. The van der Waals surface area contributed by atoms with Crippen LogP contribution in [0.4, 0.5) is 0 Å². The highest BCUT2D eigenvalue weighted by atomic mass is 16.5. The lowest BCUT2D eigenvalue weighted by atomic mass is 9.79. The Morgan fingerprint density at radius 3 is 2.56 bits per heavy atom. The van der Waals surface area contributed by atoms with E-state index in [1.807, 2.05) is 0 Å². The molecule has 2 N–H and O–H groups in total. The van der Waals surface area contributed by atoms with Crippen LogP contribution in [0.1, 0.15) is 0 Å². The lowest BCUT2D eigenvalue weighted by Gasteiger charge is -2.40. The highest BCUT2D eigenvalue weighted by Gasteiger charge is 2.47. The zero-order valence-corrected chi connectivity index (χ0v) is 5.26. The molecule has 1 spiro atoms. The van der Waals surface area contributed by atoms with Crippen molar-refractivity contribution >= 4 is 0 Å². The molecule has 0 aromatic rings. The highest BCUT2D eigenvalue weighted by molar-refractivity contribution is 5.00. The van der Waals surface area contributed by atoms with E-state index < -0.39 is 0 Å². The fourth-order valence-corrected chi connectivity index (χ4v) is 1.43. The number of aliphatic hydroxyl groups excluding tert-OH is 1. The lowest BCUT2D eigenvalue weighted by molar-refractivity contribution is 0.0273. The molecule has 2 fully saturated rings. The minimum absolute atomic E-state index is 0.0972. The molecule has 9 heavy (non-hydrogen) atoms. The van der Waals surface area contributed by atoms with Crippen LogP contribution in [0.3, 0.4) is 0 Å². The zero-order chi connectivity index (χ0) is 6.32. The zero-order valence-electron chi connectivity index (χ0n) is 5.26. The summed E-state index contributed by atoms with van der Waals surface area (Å²) in [5.74, 6) is 0. The molecule has 0 aromatic heterocycles. The molecular weight excluding hydrogens is 118 g/mol. The Kier molecular flexibility index (Phi) is 1.06. The predicted molar refractivity (Wildman–Crippen MR) is 32.1 cm³/mol. The number of rotatable bonds is 0. The third-order valence-corrected chi connectivity index (χ3v) is 2.33. The molecule has 0 amide bonds. The number of hydrogen-bond donors (Lipinski definition) is 2. The molecule has 2 heterocycles. The number of nitrogens with one attached hydrogen (secondary N) is 1. The molecule has 0 aromatic carbocycles. The van der Waals surface area contributed by atoms with Gasteiger partial charge in [-0.3, -0.25) is 0 Å². The summed E-state index contributed by atoms with van der Waals surface area (Å²) in [5.41, 5.74) is 0.0972. The third kappa shape index (κ3) is 0.625. The van der Waals surface area contributed by atoms with E-state index in [1.165, 1.54) is 0 Å². The van der Waals surface area contributed by atoms with Crippen LogP contribution in [0.2, 0.25) is 0 Å². The molecule has 3 nitrogen and oxygen atoms in total. The van der Waals surface area contributed by atoms with Gasteiger partial charge in [0.1, 0.15) is 0 Å². The second-order valence-electron chi connectivity index (χ2n) is 3.00. The smallest absolute Gasteiger partial charge is 0.0876 e. The summed E-state index contributed by atoms with van der Waals surface area (Å²) in [6.07, 6.45) is -0.223. The van der Waals surface area contributed by atoms with Gasteiger partial charge >= 0.3 is 0 Å². The molecular formula is C6H11NO2. The average molecular weight is 129 g/mol. The van der Waals surface area contributed by atoms with E-state index in [0.29, 0.717) is 6.61 Å². The van der Waals surface area contributed by atoms with Crippen molar-refractivity contribution in [1.82, 2.24) is 5.32 Å². The summed E-state index contributed by atoms with van der Waals surface area (Å²) in [6.45, 7) is 3.12. The van der Waals surface area contributed by atoms with Crippen molar-refractivity contribution in [2.24, 2.45) is 5.41 Å². The van der Waals surface area contributed by atoms with Crippen molar-refractivity contribution in [3.63, 3.8) is 0 Å². The highest BCUT2D eigenvalue weighted by Crippen LogP contribution is 2.32. The van der Waals surface area contributed by atoms with Crippen LogP contribution in [0.5, 0.6) is 0 Å². The second kappa shape index (κ2) is 1.68. The first-order valence-corrected chi connectivity index (χ1v) is 3.30. The topological polar surface area (TPSA) is 41.5 Å². The van der Waals surface area contributed by atoms with Gasteiger partial charge in [0.15, 0.2) is 0 Å². The van der Waals surface area contributed by atoms with Crippen molar-refractivity contribution in [2.75, 3.05) is 26.3 Å². The van der Waals surface area contributed by atoms with Crippen LogP contribution in [0, 0.1) is 5.41 Å². The van der Waals surface area contributed by atoms with Crippen molar-refractivity contribution in [3.05, 3.63) is 0 Å². The Morgan fingerprint density at radius 1 is 1.56 bits per heavy atom. The van der Waals surface area contributed by atoms with Crippen molar-refractivity contribution in [1.29, 1.82) is 0 Å². The van der Waals surface area contributed by atoms with E-state index in [0.717, 1.165) is 19.7 Å². The minimum Gasteiger partial charge on any atom is -0.390 e. The fraction of sp³-hybridized carbons (Fsp3) is 1.00. The summed E-state index contributed by atoms with van der Waals surface area (Å²) in [5, 5.41) is 12.5. The van der Waals surface area contributed by atoms with Gasteiger partial charge < -0.3 is 15.2 Å². The van der Waals surface area contributed by atoms with E-state index in [9.17, 15) is 5.11 Å². The monoisotopic (exact) mass is 129 g/mol. The van der Waals surface area contributed by atoms with Crippen molar-refractivity contribution < 1.29 is 9.84 Å². The van der Waals surface area contributed by atoms with Gasteiger partial charge in [-0.05, 0) is 0 Å². The van der Waals surface area contributed by atoms with Crippen molar-refractivity contribution in [2.45, 2.75) is 6.10 Å². The van der Waals surface area contributed by atoms with Crippen LogP contribution >= 0.6 is 0 Å². The number of hydrogen-bond acceptors (Lipinski definition) is 3. The Bertz CT molecular complexity index is 122. The Morgan fingerprint density at radius 2 is 2.33 bits per heavy atom. The summed E-state index contributed by atoms with van der Waals surface area (Å²) < 4.78 is 5.12. The van der Waals surface area contributed by atoms with Gasteiger partial charge in [-0.15, -0.1) is 0 Å². The van der Waals surface area contributed by atoms with E-state index >= 15 is 0 Å². The average Bonchev–Trinajstić information content (AvgIpc) is 2.07. The number of ether oxygens (including phenoxy) is 1. The quantitative estimate of drug-likeness (QED) is 0.439. The van der Waals surface area contributed by atoms with E-state index in [-0.39, 0.29) is 11.5 Å². The first-order chi connectivity index (χ1) is 4.33.